The monoisotopic (exact) mass is 334 g/mol. The molecular weight excluding hydrogens is 308 g/mol. The summed E-state index contributed by atoms with van der Waals surface area (Å²) in [6.45, 7) is 8.38. The Morgan fingerprint density at radius 3 is 2.38 bits per heavy atom. The number of hydrogen-bond acceptors (Lipinski definition) is 6. The Bertz CT molecular complexity index is 531. The Labute approximate surface area is 142 Å². The van der Waals surface area contributed by atoms with Gasteiger partial charge in [-0.25, -0.2) is 9.97 Å². The molecular formula is C16H26N6O2. The van der Waals surface area contributed by atoms with Gasteiger partial charge >= 0.3 is 0 Å². The van der Waals surface area contributed by atoms with Crippen LogP contribution >= 0.6 is 0 Å². The second-order valence-electron chi connectivity index (χ2n) is 5.67. The molecule has 0 atom stereocenters. The summed E-state index contributed by atoms with van der Waals surface area (Å²) >= 11 is 0. The molecule has 0 aromatic carbocycles. The fourth-order valence-corrected chi connectivity index (χ4v) is 2.64. The van der Waals surface area contributed by atoms with E-state index in [-0.39, 0.29) is 24.9 Å². The molecule has 0 aliphatic carbocycles. The molecule has 1 aliphatic rings. The molecule has 1 aromatic heterocycles. The minimum Gasteiger partial charge on any atom is -0.355 e. The number of amides is 2. The fourth-order valence-electron chi connectivity index (χ4n) is 2.64. The number of nitrogens with zero attached hydrogens (tertiary/aromatic N) is 5. The van der Waals surface area contributed by atoms with E-state index in [2.05, 4.69) is 20.2 Å². The summed E-state index contributed by atoms with van der Waals surface area (Å²) in [6.07, 6.45) is 3.45. The summed E-state index contributed by atoms with van der Waals surface area (Å²) in [5.41, 5.74) is 0. The number of hydrogen-bond donors (Lipinski definition) is 1. The number of anilines is 1. The van der Waals surface area contributed by atoms with E-state index in [1.807, 2.05) is 23.6 Å². The van der Waals surface area contributed by atoms with Crippen molar-refractivity contribution in [3.05, 3.63) is 18.5 Å². The zero-order chi connectivity index (χ0) is 17.4. The molecule has 0 spiro atoms. The van der Waals surface area contributed by atoms with E-state index in [0.29, 0.717) is 32.1 Å². The van der Waals surface area contributed by atoms with Gasteiger partial charge in [-0.3, -0.25) is 14.5 Å². The van der Waals surface area contributed by atoms with Crippen LogP contribution in [0.5, 0.6) is 0 Å². The molecule has 1 fully saturated rings. The highest BCUT2D eigenvalue weighted by Crippen LogP contribution is 2.10. The lowest BCUT2D eigenvalue weighted by molar-refractivity contribution is -0.133. The van der Waals surface area contributed by atoms with Gasteiger partial charge in [0.25, 0.3) is 0 Å². The minimum absolute atomic E-state index is 0.0433. The van der Waals surface area contributed by atoms with Gasteiger partial charge in [0, 0.05) is 45.1 Å². The van der Waals surface area contributed by atoms with Crippen LogP contribution in [-0.4, -0.2) is 83.9 Å². The lowest BCUT2D eigenvalue weighted by atomic mass is 10.3. The molecule has 0 bridgehead atoms. The first-order valence-corrected chi connectivity index (χ1v) is 8.42. The molecule has 0 unspecified atom stereocenters. The van der Waals surface area contributed by atoms with Crippen LogP contribution < -0.4 is 10.2 Å². The quantitative estimate of drug-likeness (QED) is 0.730. The lowest BCUT2D eigenvalue weighted by Gasteiger charge is -2.35. The van der Waals surface area contributed by atoms with Gasteiger partial charge < -0.3 is 15.1 Å². The van der Waals surface area contributed by atoms with Crippen molar-refractivity contribution in [3.63, 3.8) is 0 Å². The first kappa shape index (κ1) is 18.1. The molecule has 2 heterocycles. The molecule has 1 N–H and O–H groups in total. The van der Waals surface area contributed by atoms with Crippen LogP contribution in [0.2, 0.25) is 0 Å². The molecule has 2 rings (SSSR count). The van der Waals surface area contributed by atoms with Gasteiger partial charge in [-0.2, -0.15) is 0 Å². The first-order chi connectivity index (χ1) is 11.6. The SMILES string of the molecule is CCNC(=O)CN(CC)CC(=O)N1CCN(c2ncccn2)CC1. The van der Waals surface area contributed by atoms with Crippen LogP contribution in [0.1, 0.15) is 13.8 Å². The number of carbonyl (C=O) groups excluding carboxylic acids is 2. The Hall–Kier alpha value is -2.22. The van der Waals surface area contributed by atoms with Crippen molar-refractivity contribution in [2.24, 2.45) is 0 Å². The maximum atomic E-state index is 12.5. The summed E-state index contributed by atoms with van der Waals surface area (Å²) in [5, 5.41) is 2.76. The summed E-state index contributed by atoms with van der Waals surface area (Å²) in [7, 11) is 0. The van der Waals surface area contributed by atoms with Crippen LogP contribution in [0, 0.1) is 0 Å². The van der Waals surface area contributed by atoms with Crippen molar-refractivity contribution in [2.45, 2.75) is 13.8 Å². The molecule has 1 aliphatic heterocycles. The number of likely N-dealkylation sites (N-methyl/N-ethyl adjacent to an activating group) is 2. The zero-order valence-corrected chi connectivity index (χ0v) is 14.4. The minimum atomic E-state index is -0.0433. The van der Waals surface area contributed by atoms with E-state index in [9.17, 15) is 9.59 Å². The highest BCUT2D eigenvalue weighted by atomic mass is 16.2. The Balaban J connectivity index is 1.80. The smallest absolute Gasteiger partial charge is 0.236 e. The number of carbonyl (C=O) groups is 2. The highest BCUT2D eigenvalue weighted by molar-refractivity contribution is 5.81. The number of piperazine rings is 1. The Morgan fingerprint density at radius 1 is 1.12 bits per heavy atom. The van der Waals surface area contributed by atoms with Crippen molar-refractivity contribution in [1.29, 1.82) is 0 Å². The van der Waals surface area contributed by atoms with Gasteiger partial charge in [-0.15, -0.1) is 0 Å². The number of rotatable bonds is 7. The van der Waals surface area contributed by atoms with Crippen LogP contribution in [0.3, 0.4) is 0 Å². The molecule has 132 valence electrons. The van der Waals surface area contributed by atoms with Crippen molar-refractivity contribution in [2.75, 3.05) is 57.3 Å². The normalized spacial score (nSPS) is 14.8. The largest absolute Gasteiger partial charge is 0.355 e. The predicted octanol–water partition coefficient (Wildman–Crippen LogP) is -0.417. The van der Waals surface area contributed by atoms with Gasteiger partial charge in [0.05, 0.1) is 13.1 Å². The average Bonchev–Trinajstić information content (AvgIpc) is 2.62. The maximum Gasteiger partial charge on any atom is 0.236 e. The summed E-state index contributed by atoms with van der Waals surface area (Å²) < 4.78 is 0. The van der Waals surface area contributed by atoms with E-state index in [0.717, 1.165) is 13.1 Å². The van der Waals surface area contributed by atoms with Crippen LogP contribution in [0.25, 0.3) is 0 Å². The molecule has 1 aromatic rings. The van der Waals surface area contributed by atoms with Crippen LogP contribution in [-0.2, 0) is 9.59 Å². The van der Waals surface area contributed by atoms with E-state index in [4.69, 9.17) is 0 Å². The first-order valence-electron chi connectivity index (χ1n) is 8.42. The van der Waals surface area contributed by atoms with Gasteiger partial charge in [-0.05, 0) is 19.5 Å². The summed E-state index contributed by atoms with van der Waals surface area (Å²) in [6, 6.07) is 1.79. The maximum absolute atomic E-state index is 12.5. The van der Waals surface area contributed by atoms with Crippen LogP contribution in [0.15, 0.2) is 18.5 Å². The summed E-state index contributed by atoms with van der Waals surface area (Å²) in [5.74, 6) is 0.726. The van der Waals surface area contributed by atoms with Gasteiger partial charge in [0.2, 0.25) is 17.8 Å². The third-order valence-corrected chi connectivity index (χ3v) is 4.01. The van der Waals surface area contributed by atoms with Gasteiger partial charge in [0.1, 0.15) is 0 Å². The topological polar surface area (TPSA) is 81.7 Å². The molecule has 24 heavy (non-hydrogen) atoms. The van der Waals surface area contributed by atoms with E-state index < -0.39 is 0 Å². The third-order valence-electron chi connectivity index (χ3n) is 4.01. The molecule has 0 radical (unpaired) electrons. The standard InChI is InChI=1S/C16H26N6O2/c1-3-17-14(23)12-20(4-2)13-15(24)21-8-10-22(11-9-21)16-18-6-5-7-19-16/h5-7H,3-4,8-13H2,1-2H3,(H,17,23). The van der Waals surface area contributed by atoms with Crippen molar-refractivity contribution >= 4 is 17.8 Å². The van der Waals surface area contributed by atoms with E-state index >= 15 is 0 Å². The van der Waals surface area contributed by atoms with E-state index in [1.54, 1.807) is 18.5 Å². The van der Waals surface area contributed by atoms with Gasteiger partial charge in [0.15, 0.2) is 0 Å². The lowest BCUT2D eigenvalue weighted by Crippen LogP contribution is -2.52. The summed E-state index contributed by atoms with van der Waals surface area (Å²) in [4.78, 5) is 38.4. The third kappa shape index (κ3) is 5.16. The van der Waals surface area contributed by atoms with Crippen molar-refractivity contribution in [3.8, 4) is 0 Å². The van der Waals surface area contributed by atoms with Crippen molar-refractivity contribution < 1.29 is 9.59 Å². The molecule has 2 amide bonds. The van der Waals surface area contributed by atoms with Crippen LogP contribution in [0.4, 0.5) is 5.95 Å². The van der Waals surface area contributed by atoms with Gasteiger partial charge in [-0.1, -0.05) is 6.92 Å². The highest BCUT2D eigenvalue weighted by Gasteiger charge is 2.24. The fraction of sp³-hybridized carbons (Fsp3) is 0.625. The van der Waals surface area contributed by atoms with E-state index in [1.165, 1.54) is 0 Å². The Morgan fingerprint density at radius 2 is 1.79 bits per heavy atom. The second-order valence-corrected chi connectivity index (χ2v) is 5.67. The molecule has 1 saturated heterocycles. The number of aromatic nitrogens is 2. The van der Waals surface area contributed by atoms with Crippen molar-refractivity contribution in [1.82, 2.24) is 25.1 Å². The Kier molecular flexibility index (Phi) is 6.92. The average molecular weight is 334 g/mol. The zero-order valence-electron chi connectivity index (χ0n) is 14.4. The molecule has 8 nitrogen and oxygen atoms in total. The molecule has 8 heteroatoms. The predicted molar refractivity (Wildman–Crippen MR) is 91.6 cm³/mol. The number of nitrogens with one attached hydrogen (secondary N) is 1. The second kappa shape index (κ2) is 9.17. The molecule has 0 saturated carbocycles.